The van der Waals surface area contributed by atoms with Crippen LogP contribution in [0.15, 0.2) is 18.5 Å². The van der Waals surface area contributed by atoms with E-state index in [9.17, 15) is 0 Å². The number of aromatic amines is 1. The third-order valence-corrected chi connectivity index (χ3v) is 3.04. The molecule has 104 valence electrons. The molecule has 0 aromatic carbocycles. The van der Waals surface area contributed by atoms with Gasteiger partial charge in [-0.3, -0.25) is 4.68 Å². The lowest BCUT2D eigenvalue weighted by Crippen LogP contribution is -2.24. The maximum atomic E-state index is 4.59. The van der Waals surface area contributed by atoms with Gasteiger partial charge in [0, 0.05) is 18.7 Å². The monoisotopic (exact) mass is 262 g/mol. The smallest absolute Gasteiger partial charge is 0.0997 e. The summed E-state index contributed by atoms with van der Waals surface area (Å²) >= 11 is 0. The van der Waals surface area contributed by atoms with Crippen LogP contribution in [-0.2, 0) is 6.42 Å². The minimum Gasteiger partial charge on any atom is -0.308 e. The molecular formula is C13H22N6. The Labute approximate surface area is 113 Å². The van der Waals surface area contributed by atoms with Crippen molar-refractivity contribution in [2.24, 2.45) is 0 Å². The Morgan fingerprint density at radius 3 is 2.84 bits per heavy atom. The van der Waals surface area contributed by atoms with Gasteiger partial charge in [-0.05, 0) is 32.9 Å². The highest BCUT2D eigenvalue weighted by Crippen LogP contribution is 2.15. The Morgan fingerprint density at radius 1 is 1.42 bits per heavy atom. The van der Waals surface area contributed by atoms with Gasteiger partial charge in [-0.15, -0.1) is 0 Å². The maximum Gasteiger partial charge on any atom is 0.0997 e. The van der Waals surface area contributed by atoms with Crippen molar-refractivity contribution in [3.8, 4) is 0 Å². The van der Waals surface area contributed by atoms with E-state index in [1.165, 1.54) is 0 Å². The molecule has 2 aromatic rings. The van der Waals surface area contributed by atoms with E-state index < -0.39 is 0 Å². The summed E-state index contributed by atoms with van der Waals surface area (Å²) in [5.41, 5.74) is 2.01. The number of aromatic nitrogens is 5. The molecule has 19 heavy (non-hydrogen) atoms. The van der Waals surface area contributed by atoms with E-state index in [4.69, 9.17) is 0 Å². The second kappa shape index (κ2) is 6.47. The SMILES string of the molecule is CCCNC(Cc1ccn(C(C)C)n1)c1cn[nH]n1. The normalized spacial score (nSPS) is 13.1. The van der Waals surface area contributed by atoms with Crippen LogP contribution in [0.5, 0.6) is 0 Å². The van der Waals surface area contributed by atoms with E-state index >= 15 is 0 Å². The molecule has 1 unspecified atom stereocenters. The van der Waals surface area contributed by atoms with Crippen molar-refractivity contribution in [1.82, 2.24) is 30.5 Å². The number of rotatable bonds is 7. The Morgan fingerprint density at radius 2 is 2.26 bits per heavy atom. The standard InChI is InChI=1S/C13H22N6/c1-4-6-14-12(13-9-15-18-16-13)8-11-5-7-19(17-11)10(2)3/h5,7,9-10,12,14H,4,6,8H2,1-3H3,(H,15,16,18). The Hall–Kier alpha value is -1.69. The van der Waals surface area contributed by atoms with Crippen molar-refractivity contribution < 1.29 is 0 Å². The zero-order valence-electron chi connectivity index (χ0n) is 11.8. The van der Waals surface area contributed by atoms with E-state index in [0.29, 0.717) is 6.04 Å². The van der Waals surface area contributed by atoms with E-state index in [0.717, 1.165) is 30.8 Å². The summed E-state index contributed by atoms with van der Waals surface area (Å²) in [4.78, 5) is 0. The van der Waals surface area contributed by atoms with Gasteiger partial charge in [-0.2, -0.15) is 20.5 Å². The zero-order chi connectivity index (χ0) is 13.7. The quantitative estimate of drug-likeness (QED) is 0.799. The zero-order valence-corrected chi connectivity index (χ0v) is 11.8. The summed E-state index contributed by atoms with van der Waals surface area (Å²) in [5, 5.41) is 18.8. The van der Waals surface area contributed by atoms with Gasteiger partial charge in [0.15, 0.2) is 0 Å². The van der Waals surface area contributed by atoms with E-state index in [1.807, 2.05) is 10.9 Å². The molecule has 6 nitrogen and oxygen atoms in total. The molecule has 0 fully saturated rings. The summed E-state index contributed by atoms with van der Waals surface area (Å²) < 4.78 is 1.98. The molecule has 0 aliphatic carbocycles. The topological polar surface area (TPSA) is 71.4 Å². The fourth-order valence-corrected chi connectivity index (χ4v) is 1.96. The number of hydrogen-bond donors (Lipinski definition) is 2. The van der Waals surface area contributed by atoms with Gasteiger partial charge in [0.1, 0.15) is 0 Å². The second-order valence-electron chi connectivity index (χ2n) is 4.99. The van der Waals surface area contributed by atoms with Gasteiger partial charge in [-0.25, -0.2) is 0 Å². The molecular weight excluding hydrogens is 240 g/mol. The van der Waals surface area contributed by atoms with Crippen molar-refractivity contribution in [3.63, 3.8) is 0 Å². The van der Waals surface area contributed by atoms with Crippen molar-refractivity contribution in [2.75, 3.05) is 6.54 Å². The van der Waals surface area contributed by atoms with Gasteiger partial charge in [-0.1, -0.05) is 6.92 Å². The first-order chi connectivity index (χ1) is 9.20. The molecule has 2 aromatic heterocycles. The summed E-state index contributed by atoms with van der Waals surface area (Å²) in [6.45, 7) is 7.37. The third kappa shape index (κ3) is 3.64. The Bertz CT molecular complexity index is 473. The molecule has 0 amide bonds. The fourth-order valence-electron chi connectivity index (χ4n) is 1.96. The van der Waals surface area contributed by atoms with Crippen molar-refractivity contribution in [2.45, 2.75) is 45.7 Å². The second-order valence-corrected chi connectivity index (χ2v) is 4.99. The van der Waals surface area contributed by atoms with Crippen molar-refractivity contribution in [3.05, 3.63) is 29.8 Å². The van der Waals surface area contributed by atoms with Crippen LogP contribution in [0.3, 0.4) is 0 Å². The summed E-state index contributed by atoms with van der Waals surface area (Å²) in [6.07, 6.45) is 5.72. The molecule has 0 radical (unpaired) electrons. The highest BCUT2D eigenvalue weighted by Gasteiger charge is 2.16. The van der Waals surface area contributed by atoms with Gasteiger partial charge in [0.25, 0.3) is 0 Å². The van der Waals surface area contributed by atoms with Gasteiger partial charge in [0.05, 0.1) is 23.6 Å². The van der Waals surface area contributed by atoms with Gasteiger partial charge < -0.3 is 5.32 Å². The summed E-state index contributed by atoms with van der Waals surface area (Å²) in [5.74, 6) is 0. The van der Waals surface area contributed by atoms with Crippen molar-refractivity contribution in [1.29, 1.82) is 0 Å². The van der Waals surface area contributed by atoms with Crippen LogP contribution >= 0.6 is 0 Å². The minimum atomic E-state index is 0.161. The lowest BCUT2D eigenvalue weighted by Gasteiger charge is -2.14. The minimum absolute atomic E-state index is 0.161. The van der Waals surface area contributed by atoms with Crippen LogP contribution in [0.25, 0.3) is 0 Å². The molecule has 0 saturated heterocycles. The average Bonchev–Trinajstić information content (AvgIpc) is 3.05. The molecule has 0 spiro atoms. The van der Waals surface area contributed by atoms with Crippen LogP contribution in [0, 0.1) is 0 Å². The van der Waals surface area contributed by atoms with Crippen molar-refractivity contribution >= 4 is 0 Å². The molecule has 2 N–H and O–H groups in total. The molecule has 0 aliphatic rings. The van der Waals surface area contributed by atoms with E-state index in [-0.39, 0.29) is 6.04 Å². The average molecular weight is 262 g/mol. The molecule has 6 heteroatoms. The molecule has 2 rings (SSSR count). The third-order valence-electron chi connectivity index (χ3n) is 3.04. The predicted molar refractivity (Wildman–Crippen MR) is 73.7 cm³/mol. The highest BCUT2D eigenvalue weighted by molar-refractivity contribution is 5.08. The lowest BCUT2D eigenvalue weighted by atomic mass is 10.1. The molecule has 0 bridgehead atoms. The van der Waals surface area contributed by atoms with Crippen LogP contribution in [-0.4, -0.2) is 31.7 Å². The first-order valence-corrected chi connectivity index (χ1v) is 6.83. The van der Waals surface area contributed by atoms with E-state index in [2.05, 4.69) is 52.7 Å². The predicted octanol–water partition coefficient (Wildman–Crippen LogP) is 1.87. The molecule has 1 atom stereocenters. The Kier molecular flexibility index (Phi) is 4.68. The van der Waals surface area contributed by atoms with Crippen LogP contribution < -0.4 is 5.32 Å². The lowest BCUT2D eigenvalue weighted by molar-refractivity contribution is 0.492. The first kappa shape index (κ1) is 13.7. The fraction of sp³-hybridized carbons (Fsp3) is 0.615. The number of hydrogen-bond acceptors (Lipinski definition) is 4. The van der Waals surface area contributed by atoms with Crippen LogP contribution in [0.2, 0.25) is 0 Å². The number of nitrogens with zero attached hydrogens (tertiary/aromatic N) is 4. The first-order valence-electron chi connectivity index (χ1n) is 6.83. The highest BCUT2D eigenvalue weighted by atomic mass is 15.3. The summed E-state index contributed by atoms with van der Waals surface area (Å²) in [7, 11) is 0. The Balaban J connectivity index is 2.06. The van der Waals surface area contributed by atoms with Gasteiger partial charge in [0.2, 0.25) is 0 Å². The summed E-state index contributed by atoms with van der Waals surface area (Å²) in [6, 6.07) is 2.62. The van der Waals surface area contributed by atoms with E-state index in [1.54, 1.807) is 6.20 Å². The maximum absolute atomic E-state index is 4.59. The largest absolute Gasteiger partial charge is 0.308 e. The van der Waals surface area contributed by atoms with Crippen LogP contribution in [0.1, 0.15) is 50.7 Å². The molecule has 2 heterocycles. The number of nitrogens with one attached hydrogen (secondary N) is 2. The van der Waals surface area contributed by atoms with Crippen LogP contribution in [0.4, 0.5) is 0 Å². The number of H-pyrrole nitrogens is 1. The van der Waals surface area contributed by atoms with Gasteiger partial charge >= 0.3 is 0 Å². The molecule has 0 aliphatic heterocycles. The molecule has 0 saturated carbocycles.